The molecule has 0 saturated carbocycles. The van der Waals surface area contributed by atoms with Gasteiger partial charge in [0.1, 0.15) is 0 Å². The number of hydrogen-bond donors (Lipinski definition) is 0. The van der Waals surface area contributed by atoms with Gasteiger partial charge >= 0.3 is 0 Å². The summed E-state index contributed by atoms with van der Waals surface area (Å²) < 4.78 is 10.6. The van der Waals surface area contributed by atoms with Gasteiger partial charge in [0.2, 0.25) is 5.91 Å². The summed E-state index contributed by atoms with van der Waals surface area (Å²) in [6, 6.07) is 15.5. The number of carbonyl (C=O) groups is 2. The number of Topliss-reactive ketones (excluding diaryl/α,β-unsaturated/α-hetero) is 1. The lowest BCUT2D eigenvalue weighted by Gasteiger charge is -2.32. The standard InChI is InChI=1S/C24H29NO4/c1-28-21-14-13-19(16-22(21)29-2)24(27)20-11-7-15-25(17-20)23(26)12-6-10-18-8-4-3-5-9-18/h3-5,8-9,13-14,16,20H,6-7,10-12,15,17H2,1-2H3. The third kappa shape index (κ3) is 5.37. The average Bonchev–Trinajstić information content (AvgIpc) is 2.78. The first-order chi connectivity index (χ1) is 14.1. The van der Waals surface area contributed by atoms with Crippen LogP contribution in [-0.4, -0.2) is 43.9 Å². The Hall–Kier alpha value is -2.82. The minimum absolute atomic E-state index is 0.0627. The number of carbonyl (C=O) groups excluding carboxylic acids is 2. The Labute approximate surface area is 172 Å². The van der Waals surface area contributed by atoms with Crippen LogP contribution in [0.25, 0.3) is 0 Å². The molecule has 5 nitrogen and oxygen atoms in total. The molecule has 1 atom stereocenters. The van der Waals surface area contributed by atoms with Crippen LogP contribution in [-0.2, 0) is 11.2 Å². The number of piperidine rings is 1. The molecule has 0 aromatic heterocycles. The molecule has 1 amide bonds. The number of amides is 1. The number of aryl methyl sites for hydroxylation is 1. The second kappa shape index (κ2) is 10.1. The quantitative estimate of drug-likeness (QED) is 0.630. The van der Waals surface area contributed by atoms with Crippen LogP contribution in [0.3, 0.4) is 0 Å². The van der Waals surface area contributed by atoms with Gasteiger partial charge in [-0.25, -0.2) is 0 Å². The molecule has 0 N–H and O–H groups in total. The molecule has 1 heterocycles. The summed E-state index contributed by atoms with van der Waals surface area (Å²) >= 11 is 0. The van der Waals surface area contributed by atoms with Crippen LogP contribution in [0, 0.1) is 5.92 Å². The summed E-state index contributed by atoms with van der Waals surface area (Å²) in [6.07, 6.45) is 3.91. The van der Waals surface area contributed by atoms with Crippen LogP contribution in [0.1, 0.15) is 41.6 Å². The van der Waals surface area contributed by atoms with Gasteiger partial charge in [-0.3, -0.25) is 9.59 Å². The molecule has 1 aliphatic rings. The number of ketones is 1. The van der Waals surface area contributed by atoms with E-state index in [-0.39, 0.29) is 17.6 Å². The van der Waals surface area contributed by atoms with Crippen molar-refractivity contribution >= 4 is 11.7 Å². The van der Waals surface area contributed by atoms with Crippen LogP contribution in [0.2, 0.25) is 0 Å². The summed E-state index contributed by atoms with van der Waals surface area (Å²) in [6.45, 7) is 1.23. The van der Waals surface area contributed by atoms with Gasteiger partial charge in [-0.1, -0.05) is 30.3 Å². The smallest absolute Gasteiger partial charge is 0.222 e. The van der Waals surface area contributed by atoms with E-state index in [2.05, 4.69) is 12.1 Å². The Morgan fingerprint density at radius 2 is 1.79 bits per heavy atom. The molecular weight excluding hydrogens is 366 g/mol. The highest BCUT2D eigenvalue weighted by atomic mass is 16.5. The van der Waals surface area contributed by atoms with Crippen molar-refractivity contribution in [2.75, 3.05) is 27.3 Å². The second-order valence-corrected chi connectivity index (χ2v) is 7.45. The van der Waals surface area contributed by atoms with Crippen LogP contribution in [0.4, 0.5) is 0 Å². The van der Waals surface area contributed by atoms with E-state index < -0.39 is 0 Å². The Balaban J connectivity index is 1.56. The fourth-order valence-electron chi connectivity index (χ4n) is 3.89. The highest BCUT2D eigenvalue weighted by Crippen LogP contribution is 2.30. The van der Waals surface area contributed by atoms with Crippen molar-refractivity contribution in [1.82, 2.24) is 4.90 Å². The molecule has 0 spiro atoms. The van der Waals surface area contributed by atoms with Gasteiger partial charge < -0.3 is 14.4 Å². The fourth-order valence-corrected chi connectivity index (χ4v) is 3.89. The van der Waals surface area contributed by atoms with E-state index in [4.69, 9.17) is 9.47 Å². The van der Waals surface area contributed by atoms with Gasteiger partial charge in [0.25, 0.3) is 0 Å². The van der Waals surface area contributed by atoms with Gasteiger partial charge in [0, 0.05) is 31.0 Å². The van der Waals surface area contributed by atoms with E-state index >= 15 is 0 Å². The average molecular weight is 395 g/mol. The minimum atomic E-state index is -0.167. The normalized spacial score (nSPS) is 16.3. The lowest BCUT2D eigenvalue weighted by Crippen LogP contribution is -2.42. The molecule has 1 saturated heterocycles. The second-order valence-electron chi connectivity index (χ2n) is 7.45. The van der Waals surface area contributed by atoms with Crippen molar-refractivity contribution in [3.63, 3.8) is 0 Å². The minimum Gasteiger partial charge on any atom is -0.493 e. The predicted octanol–water partition coefficient (Wildman–Crippen LogP) is 4.15. The molecule has 1 fully saturated rings. The molecule has 5 heteroatoms. The molecule has 2 aromatic carbocycles. The zero-order valence-electron chi connectivity index (χ0n) is 17.2. The van der Waals surface area contributed by atoms with Gasteiger partial charge in [-0.2, -0.15) is 0 Å². The fraction of sp³-hybridized carbons (Fsp3) is 0.417. The maximum absolute atomic E-state index is 13.0. The number of hydrogen-bond acceptors (Lipinski definition) is 4. The number of likely N-dealkylation sites (tertiary alicyclic amines) is 1. The van der Waals surface area contributed by atoms with Gasteiger partial charge in [-0.15, -0.1) is 0 Å². The van der Waals surface area contributed by atoms with E-state index in [0.717, 1.165) is 32.2 Å². The van der Waals surface area contributed by atoms with Gasteiger partial charge in [-0.05, 0) is 49.4 Å². The van der Waals surface area contributed by atoms with Crippen molar-refractivity contribution in [2.45, 2.75) is 32.1 Å². The maximum Gasteiger partial charge on any atom is 0.222 e. The third-order valence-electron chi connectivity index (χ3n) is 5.51. The largest absolute Gasteiger partial charge is 0.493 e. The first kappa shape index (κ1) is 20.9. The van der Waals surface area contributed by atoms with Crippen LogP contribution in [0.5, 0.6) is 11.5 Å². The predicted molar refractivity (Wildman–Crippen MR) is 113 cm³/mol. The maximum atomic E-state index is 13.0. The summed E-state index contributed by atoms with van der Waals surface area (Å²) in [5.41, 5.74) is 1.85. The molecule has 0 bridgehead atoms. The number of benzene rings is 2. The first-order valence-electron chi connectivity index (χ1n) is 10.2. The Morgan fingerprint density at radius 3 is 2.52 bits per heavy atom. The van der Waals surface area contributed by atoms with E-state index in [0.29, 0.717) is 30.0 Å². The van der Waals surface area contributed by atoms with E-state index in [1.165, 1.54) is 5.56 Å². The molecule has 0 radical (unpaired) electrons. The summed E-state index contributed by atoms with van der Waals surface area (Å²) in [5, 5.41) is 0. The Bertz CT molecular complexity index is 834. The zero-order chi connectivity index (χ0) is 20.6. The van der Waals surface area contributed by atoms with E-state index in [9.17, 15) is 9.59 Å². The summed E-state index contributed by atoms with van der Waals surface area (Å²) in [5.74, 6) is 1.18. The number of nitrogens with zero attached hydrogens (tertiary/aromatic N) is 1. The molecule has 29 heavy (non-hydrogen) atoms. The molecular formula is C24H29NO4. The third-order valence-corrected chi connectivity index (χ3v) is 5.51. The Kier molecular flexibility index (Phi) is 7.28. The lowest BCUT2D eigenvalue weighted by molar-refractivity contribution is -0.132. The topological polar surface area (TPSA) is 55.8 Å². The van der Waals surface area contributed by atoms with Crippen LogP contribution in [0.15, 0.2) is 48.5 Å². The number of methoxy groups -OCH3 is 2. The van der Waals surface area contributed by atoms with Crippen molar-refractivity contribution < 1.29 is 19.1 Å². The Morgan fingerprint density at radius 1 is 1.03 bits per heavy atom. The SMILES string of the molecule is COc1ccc(C(=O)C2CCCN(C(=O)CCCc3ccccc3)C2)cc1OC. The first-order valence-corrected chi connectivity index (χ1v) is 10.2. The van der Waals surface area contributed by atoms with E-state index in [1.807, 2.05) is 23.1 Å². The van der Waals surface area contributed by atoms with Crippen molar-refractivity contribution in [1.29, 1.82) is 0 Å². The zero-order valence-corrected chi connectivity index (χ0v) is 17.2. The molecule has 1 unspecified atom stereocenters. The van der Waals surface area contributed by atoms with Crippen LogP contribution < -0.4 is 9.47 Å². The van der Waals surface area contributed by atoms with E-state index in [1.54, 1.807) is 32.4 Å². The van der Waals surface area contributed by atoms with Gasteiger partial charge in [0.05, 0.1) is 14.2 Å². The lowest BCUT2D eigenvalue weighted by atomic mass is 9.89. The number of rotatable bonds is 8. The van der Waals surface area contributed by atoms with Crippen molar-refractivity contribution in [2.24, 2.45) is 5.92 Å². The molecule has 2 aromatic rings. The van der Waals surface area contributed by atoms with Crippen LogP contribution >= 0.6 is 0 Å². The molecule has 1 aliphatic heterocycles. The van der Waals surface area contributed by atoms with Crippen molar-refractivity contribution in [3.8, 4) is 11.5 Å². The molecule has 3 rings (SSSR count). The summed E-state index contributed by atoms with van der Waals surface area (Å²) in [4.78, 5) is 27.5. The molecule has 154 valence electrons. The highest BCUT2D eigenvalue weighted by Gasteiger charge is 2.29. The highest BCUT2D eigenvalue weighted by molar-refractivity contribution is 5.99. The molecule has 0 aliphatic carbocycles. The van der Waals surface area contributed by atoms with Crippen molar-refractivity contribution in [3.05, 3.63) is 59.7 Å². The summed E-state index contributed by atoms with van der Waals surface area (Å²) in [7, 11) is 3.13. The monoisotopic (exact) mass is 395 g/mol. The van der Waals surface area contributed by atoms with Gasteiger partial charge in [0.15, 0.2) is 17.3 Å². The number of ether oxygens (including phenoxy) is 2.